The van der Waals surface area contributed by atoms with E-state index in [0.29, 0.717) is 0 Å². The highest BCUT2D eigenvalue weighted by molar-refractivity contribution is 7.89. The molecule has 0 unspecified atom stereocenters. The van der Waals surface area contributed by atoms with Crippen LogP contribution in [0.4, 0.5) is 4.39 Å². The molecular formula is C13H18FNO5S. The standard InChI is InChI=1S/C13H18FNO5S/c1-13(2,8-19-3)15-21(17,18)11-7-9(14)5-6-10(11)12(16)20-4/h5-7,15H,8H2,1-4H3. The Morgan fingerprint density at radius 2 is 1.95 bits per heavy atom. The maximum Gasteiger partial charge on any atom is 0.339 e. The number of hydrogen-bond donors (Lipinski definition) is 1. The van der Waals surface area contributed by atoms with Crippen molar-refractivity contribution >= 4 is 16.0 Å². The molecule has 0 radical (unpaired) electrons. The van der Waals surface area contributed by atoms with Gasteiger partial charge in [0.2, 0.25) is 10.0 Å². The van der Waals surface area contributed by atoms with Crippen LogP contribution in [0.5, 0.6) is 0 Å². The number of nitrogens with one attached hydrogen (secondary N) is 1. The van der Waals surface area contributed by atoms with Gasteiger partial charge < -0.3 is 9.47 Å². The zero-order valence-electron chi connectivity index (χ0n) is 12.3. The lowest BCUT2D eigenvalue weighted by Crippen LogP contribution is -2.47. The third kappa shape index (κ3) is 4.48. The van der Waals surface area contributed by atoms with Crippen molar-refractivity contribution in [2.45, 2.75) is 24.3 Å². The lowest BCUT2D eigenvalue weighted by Gasteiger charge is -2.25. The third-order valence-electron chi connectivity index (χ3n) is 2.55. The average molecular weight is 319 g/mol. The fraction of sp³-hybridized carbons (Fsp3) is 0.462. The first-order valence-electron chi connectivity index (χ1n) is 6.04. The minimum atomic E-state index is -4.12. The van der Waals surface area contributed by atoms with Gasteiger partial charge in [-0.15, -0.1) is 0 Å². The van der Waals surface area contributed by atoms with Crippen molar-refractivity contribution in [2.75, 3.05) is 20.8 Å². The second-order valence-corrected chi connectivity index (χ2v) is 6.71. The molecule has 118 valence electrons. The van der Waals surface area contributed by atoms with Crippen molar-refractivity contribution < 1.29 is 27.1 Å². The maximum atomic E-state index is 13.4. The first kappa shape index (κ1) is 17.5. The molecule has 1 rings (SSSR count). The van der Waals surface area contributed by atoms with Crippen LogP contribution >= 0.6 is 0 Å². The predicted octanol–water partition coefficient (Wildman–Crippen LogP) is 1.32. The predicted molar refractivity (Wildman–Crippen MR) is 74.0 cm³/mol. The topological polar surface area (TPSA) is 81.7 Å². The molecule has 0 amide bonds. The molecular weight excluding hydrogens is 301 g/mol. The van der Waals surface area contributed by atoms with E-state index in [1.165, 1.54) is 7.11 Å². The van der Waals surface area contributed by atoms with Gasteiger partial charge >= 0.3 is 5.97 Å². The number of carbonyl (C=O) groups excluding carboxylic acids is 1. The maximum absolute atomic E-state index is 13.4. The van der Waals surface area contributed by atoms with E-state index < -0.39 is 32.2 Å². The summed E-state index contributed by atoms with van der Waals surface area (Å²) in [5, 5.41) is 0. The second-order valence-electron chi connectivity index (χ2n) is 5.05. The van der Waals surface area contributed by atoms with Crippen LogP contribution in [-0.2, 0) is 19.5 Å². The Morgan fingerprint density at radius 1 is 1.33 bits per heavy atom. The zero-order chi connectivity index (χ0) is 16.3. The lowest BCUT2D eigenvalue weighted by molar-refractivity contribution is 0.0596. The molecule has 1 aromatic carbocycles. The van der Waals surface area contributed by atoms with Gasteiger partial charge in [-0.1, -0.05) is 0 Å². The molecule has 8 heteroatoms. The second kappa shape index (κ2) is 6.50. The first-order chi connectivity index (χ1) is 9.63. The molecule has 21 heavy (non-hydrogen) atoms. The van der Waals surface area contributed by atoms with Crippen LogP contribution < -0.4 is 4.72 Å². The molecule has 1 N–H and O–H groups in total. The summed E-state index contributed by atoms with van der Waals surface area (Å²) in [6, 6.07) is 2.84. The van der Waals surface area contributed by atoms with Crippen molar-refractivity contribution in [1.29, 1.82) is 0 Å². The SMILES string of the molecule is COCC(C)(C)NS(=O)(=O)c1cc(F)ccc1C(=O)OC. The van der Waals surface area contributed by atoms with E-state index >= 15 is 0 Å². The van der Waals surface area contributed by atoms with Crippen molar-refractivity contribution in [1.82, 2.24) is 4.72 Å². The molecule has 0 heterocycles. The lowest BCUT2D eigenvalue weighted by atomic mass is 10.1. The van der Waals surface area contributed by atoms with Gasteiger partial charge in [0.25, 0.3) is 0 Å². The van der Waals surface area contributed by atoms with Gasteiger partial charge in [0.1, 0.15) is 5.82 Å². The van der Waals surface area contributed by atoms with Gasteiger partial charge in [-0.25, -0.2) is 22.3 Å². The molecule has 0 spiro atoms. The van der Waals surface area contributed by atoms with Crippen LogP contribution in [0.1, 0.15) is 24.2 Å². The molecule has 0 bridgehead atoms. The van der Waals surface area contributed by atoms with Crippen molar-refractivity contribution in [3.8, 4) is 0 Å². The minimum absolute atomic E-state index is 0.106. The van der Waals surface area contributed by atoms with Gasteiger partial charge in [-0.2, -0.15) is 0 Å². The molecule has 0 aromatic heterocycles. The Labute approximate surface area is 123 Å². The highest BCUT2D eigenvalue weighted by Crippen LogP contribution is 2.20. The molecule has 0 atom stereocenters. The van der Waals surface area contributed by atoms with Gasteiger partial charge in [0.15, 0.2) is 0 Å². The Morgan fingerprint density at radius 3 is 2.48 bits per heavy atom. The van der Waals surface area contributed by atoms with E-state index in [4.69, 9.17) is 4.74 Å². The van der Waals surface area contributed by atoms with Crippen molar-refractivity contribution in [2.24, 2.45) is 0 Å². The Kier molecular flexibility index (Phi) is 5.43. The van der Waals surface area contributed by atoms with Crippen LogP contribution in [0.3, 0.4) is 0 Å². The Bertz CT molecular complexity index is 627. The summed E-state index contributed by atoms with van der Waals surface area (Å²) in [5.74, 6) is -1.63. The molecule has 0 saturated heterocycles. The summed E-state index contributed by atoms with van der Waals surface area (Å²) in [6.45, 7) is 3.31. The third-order valence-corrected chi connectivity index (χ3v) is 4.29. The summed E-state index contributed by atoms with van der Waals surface area (Å²) in [5.41, 5.74) is -1.16. The van der Waals surface area contributed by atoms with Crippen molar-refractivity contribution in [3.05, 3.63) is 29.6 Å². The first-order valence-corrected chi connectivity index (χ1v) is 7.52. The molecule has 0 saturated carbocycles. The number of halogens is 1. The van der Waals surface area contributed by atoms with Crippen LogP contribution in [0.25, 0.3) is 0 Å². The zero-order valence-corrected chi connectivity index (χ0v) is 13.1. The number of sulfonamides is 1. The quantitative estimate of drug-likeness (QED) is 0.800. The van der Waals surface area contributed by atoms with Gasteiger partial charge in [0, 0.05) is 7.11 Å². The van der Waals surface area contributed by atoms with E-state index in [2.05, 4.69) is 9.46 Å². The highest BCUT2D eigenvalue weighted by atomic mass is 32.2. The largest absolute Gasteiger partial charge is 0.465 e. The number of esters is 1. The molecule has 0 aliphatic heterocycles. The molecule has 0 aliphatic carbocycles. The number of benzene rings is 1. The number of methoxy groups -OCH3 is 2. The van der Waals surface area contributed by atoms with Crippen LogP contribution in [-0.4, -0.2) is 40.8 Å². The highest BCUT2D eigenvalue weighted by Gasteiger charge is 2.30. The fourth-order valence-electron chi connectivity index (χ4n) is 1.81. The monoisotopic (exact) mass is 319 g/mol. The molecule has 0 fully saturated rings. The Balaban J connectivity index is 3.31. The number of hydrogen-bond acceptors (Lipinski definition) is 5. The van der Waals surface area contributed by atoms with Crippen LogP contribution in [0.2, 0.25) is 0 Å². The smallest absolute Gasteiger partial charge is 0.339 e. The molecule has 6 nitrogen and oxygen atoms in total. The van der Waals surface area contributed by atoms with E-state index in [9.17, 15) is 17.6 Å². The van der Waals surface area contributed by atoms with E-state index in [-0.39, 0.29) is 12.2 Å². The number of ether oxygens (including phenoxy) is 2. The van der Waals surface area contributed by atoms with Gasteiger partial charge in [0.05, 0.1) is 29.7 Å². The van der Waals surface area contributed by atoms with E-state index in [0.717, 1.165) is 25.3 Å². The van der Waals surface area contributed by atoms with E-state index in [1.807, 2.05) is 0 Å². The summed E-state index contributed by atoms with van der Waals surface area (Å²) >= 11 is 0. The number of rotatable bonds is 6. The van der Waals surface area contributed by atoms with Crippen molar-refractivity contribution in [3.63, 3.8) is 0 Å². The summed E-state index contributed by atoms with van der Waals surface area (Å²) in [4.78, 5) is 11.1. The van der Waals surface area contributed by atoms with Crippen LogP contribution in [0, 0.1) is 5.82 Å². The average Bonchev–Trinajstić information content (AvgIpc) is 2.36. The molecule has 0 aliphatic rings. The minimum Gasteiger partial charge on any atom is -0.465 e. The summed E-state index contributed by atoms with van der Waals surface area (Å²) in [7, 11) is -1.58. The van der Waals surface area contributed by atoms with Gasteiger partial charge in [-0.3, -0.25) is 0 Å². The normalized spacial score (nSPS) is 12.2. The molecule has 1 aromatic rings. The van der Waals surface area contributed by atoms with Gasteiger partial charge in [-0.05, 0) is 32.0 Å². The van der Waals surface area contributed by atoms with E-state index in [1.54, 1.807) is 13.8 Å². The number of carbonyl (C=O) groups is 1. The van der Waals surface area contributed by atoms with Crippen LogP contribution in [0.15, 0.2) is 23.1 Å². The summed E-state index contributed by atoms with van der Waals surface area (Å²) < 4.78 is 49.9. The summed E-state index contributed by atoms with van der Waals surface area (Å²) in [6.07, 6.45) is 0. The fourth-order valence-corrected chi connectivity index (χ4v) is 3.41. The Hall–Kier alpha value is -1.51.